The molecule has 1 saturated carbocycles. The minimum absolute atomic E-state index is 0.00528. The molecule has 0 radical (unpaired) electrons. The van der Waals surface area contributed by atoms with Crippen LogP contribution in [0.4, 0.5) is 0 Å². The van der Waals surface area contributed by atoms with Crippen LogP contribution in [-0.2, 0) is 9.53 Å². The molecule has 1 aromatic heterocycles. The Hall–Kier alpha value is -1.33. The van der Waals surface area contributed by atoms with Crippen LogP contribution in [0.3, 0.4) is 0 Å². The van der Waals surface area contributed by atoms with Gasteiger partial charge in [-0.15, -0.1) is 0 Å². The third kappa shape index (κ3) is 3.84. The molecule has 1 aromatic rings. The van der Waals surface area contributed by atoms with Gasteiger partial charge in [0.1, 0.15) is 5.76 Å². The van der Waals surface area contributed by atoms with Crippen LogP contribution in [0.1, 0.15) is 44.4 Å². The van der Waals surface area contributed by atoms with E-state index >= 15 is 0 Å². The maximum atomic E-state index is 11.7. The number of carbonyl (C=O) groups is 1. The highest BCUT2D eigenvalue weighted by Gasteiger charge is 2.28. The van der Waals surface area contributed by atoms with Crippen molar-refractivity contribution in [3.8, 4) is 0 Å². The van der Waals surface area contributed by atoms with Gasteiger partial charge in [0.2, 0.25) is 0 Å². The van der Waals surface area contributed by atoms with Crippen molar-refractivity contribution in [2.75, 3.05) is 13.2 Å². The number of hydrogen-bond acceptors (Lipinski definition) is 5. The molecule has 5 heteroatoms. The maximum Gasteiger partial charge on any atom is 0.308 e. The van der Waals surface area contributed by atoms with Crippen molar-refractivity contribution in [2.24, 2.45) is 5.92 Å². The molecule has 112 valence electrons. The van der Waals surface area contributed by atoms with Gasteiger partial charge in [-0.1, -0.05) is 0 Å². The first kappa shape index (κ1) is 15.1. The van der Waals surface area contributed by atoms with Gasteiger partial charge in [0.15, 0.2) is 0 Å². The number of aliphatic hydroxyl groups is 1. The molecular weight excluding hydrogens is 258 g/mol. The van der Waals surface area contributed by atoms with Gasteiger partial charge in [0, 0.05) is 6.04 Å². The molecule has 1 fully saturated rings. The predicted octanol–water partition coefficient (Wildman–Crippen LogP) is 2.02. The fourth-order valence-corrected chi connectivity index (χ4v) is 2.75. The zero-order valence-corrected chi connectivity index (χ0v) is 11.9. The molecule has 1 atom stereocenters. The number of ether oxygens (including phenoxy) is 1. The van der Waals surface area contributed by atoms with Gasteiger partial charge in [-0.3, -0.25) is 4.79 Å². The Kier molecular flexibility index (Phi) is 5.61. The summed E-state index contributed by atoms with van der Waals surface area (Å²) in [5.41, 5.74) is 0. The number of nitrogens with one attached hydrogen (secondary N) is 1. The molecule has 2 N–H and O–H groups in total. The van der Waals surface area contributed by atoms with Crippen molar-refractivity contribution in [3.63, 3.8) is 0 Å². The topological polar surface area (TPSA) is 71.7 Å². The molecule has 1 unspecified atom stereocenters. The molecule has 0 aromatic carbocycles. The van der Waals surface area contributed by atoms with E-state index in [0.717, 1.165) is 31.4 Å². The Morgan fingerprint density at radius 2 is 2.25 bits per heavy atom. The minimum atomic E-state index is -0.172. The monoisotopic (exact) mass is 281 g/mol. The average Bonchev–Trinajstić information content (AvgIpc) is 2.99. The van der Waals surface area contributed by atoms with Gasteiger partial charge in [-0.2, -0.15) is 0 Å². The number of esters is 1. The van der Waals surface area contributed by atoms with Gasteiger partial charge < -0.3 is 19.6 Å². The summed E-state index contributed by atoms with van der Waals surface area (Å²) in [6.07, 6.45) is 5.12. The van der Waals surface area contributed by atoms with Crippen molar-refractivity contribution in [3.05, 3.63) is 24.2 Å². The number of aliphatic hydroxyl groups excluding tert-OH is 1. The highest BCUT2D eigenvalue weighted by Crippen LogP contribution is 2.27. The van der Waals surface area contributed by atoms with E-state index in [1.54, 1.807) is 6.26 Å². The second-order valence-electron chi connectivity index (χ2n) is 5.22. The van der Waals surface area contributed by atoms with Gasteiger partial charge in [-0.25, -0.2) is 0 Å². The van der Waals surface area contributed by atoms with E-state index in [1.807, 2.05) is 19.1 Å². The van der Waals surface area contributed by atoms with Crippen LogP contribution in [0.25, 0.3) is 0 Å². The fourth-order valence-electron chi connectivity index (χ4n) is 2.75. The van der Waals surface area contributed by atoms with Crippen molar-refractivity contribution >= 4 is 5.97 Å². The van der Waals surface area contributed by atoms with E-state index in [2.05, 4.69) is 5.32 Å². The molecule has 0 aliphatic heterocycles. The molecule has 0 bridgehead atoms. The van der Waals surface area contributed by atoms with Crippen LogP contribution in [0.5, 0.6) is 0 Å². The molecule has 2 rings (SSSR count). The van der Waals surface area contributed by atoms with Crippen molar-refractivity contribution in [1.82, 2.24) is 5.32 Å². The lowest BCUT2D eigenvalue weighted by Crippen LogP contribution is -2.38. The Labute approximate surface area is 119 Å². The van der Waals surface area contributed by atoms with Crippen LogP contribution in [0.15, 0.2) is 22.8 Å². The number of rotatable bonds is 6. The third-order valence-corrected chi connectivity index (χ3v) is 3.85. The smallest absolute Gasteiger partial charge is 0.308 e. The fraction of sp³-hybridized carbons (Fsp3) is 0.667. The largest absolute Gasteiger partial charge is 0.468 e. The highest BCUT2D eigenvalue weighted by molar-refractivity contribution is 5.72. The molecule has 1 aliphatic rings. The first-order valence-electron chi connectivity index (χ1n) is 7.31. The molecule has 1 aliphatic carbocycles. The Balaban J connectivity index is 1.80. The van der Waals surface area contributed by atoms with Crippen molar-refractivity contribution < 1.29 is 19.1 Å². The van der Waals surface area contributed by atoms with Crippen molar-refractivity contribution in [1.29, 1.82) is 0 Å². The molecule has 20 heavy (non-hydrogen) atoms. The van der Waals surface area contributed by atoms with Crippen LogP contribution in [0, 0.1) is 5.92 Å². The van der Waals surface area contributed by atoms with E-state index in [0.29, 0.717) is 12.6 Å². The summed E-state index contributed by atoms with van der Waals surface area (Å²) >= 11 is 0. The number of furan rings is 1. The first-order chi connectivity index (χ1) is 9.74. The molecule has 5 nitrogen and oxygen atoms in total. The lowest BCUT2D eigenvalue weighted by molar-refractivity contribution is -0.149. The zero-order chi connectivity index (χ0) is 14.4. The average molecular weight is 281 g/mol. The zero-order valence-electron chi connectivity index (χ0n) is 11.9. The SMILES string of the molecule is CCOC(=O)C1CCC(NC(CO)c2ccco2)CC1. The minimum Gasteiger partial charge on any atom is -0.468 e. The number of carbonyl (C=O) groups excluding carboxylic acids is 1. The second kappa shape index (κ2) is 7.45. The molecule has 0 saturated heterocycles. The van der Waals surface area contributed by atoms with E-state index < -0.39 is 0 Å². The van der Waals surface area contributed by atoms with Gasteiger partial charge >= 0.3 is 5.97 Å². The van der Waals surface area contributed by atoms with E-state index in [9.17, 15) is 9.90 Å². The lowest BCUT2D eigenvalue weighted by Gasteiger charge is -2.30. The molecule has 1 heterocycles. The lowest BCUT2D eigenvalue weighted by atomic mass is 9.85. The van der Waals surface area contributed by atoms with E-state index in [4.69, 9.17) is 9.15 Å². The van der Waals surface area contributed by atoms with Gasteiger partial charge in [0.25, 0.3) is 0 Å². The Morgan fingerprint density at radius 3 is 2.80 bits per heavy atom. The van der Waals surface area contributed by atoms with Crippen LogP contribution < -0.4 is 5.32 Å². The molecule has 0 spiro atoms. The molecule has 0 amide bonds. The normalized spacial score (nSPS) is 24.3. The summed E-state index contributed by atoms with van der Waals surface area (Å²) in [5.74, 6) is 0.708. The van der Waals surface area contributed by atoms with Gasteiger partial charge in [0.05, 0.1) is 31.4 Å². The van der Waals surface area contributed by atoms with Crippen molar-refractivity contribution in [2.45, 2.75) is 44.7 Å². The summed E-state index contributed by atoms with van der Waals surface area (Å²) < 4.78 is 10.4. The summed E-state index contributed by atoms with van der Waals surface area (Å²) in [4.78, 5) is 11.7. The summed E-state index contributed by atoms with van der Waals surface area (Å²) in [6.45, 7) is 2.29. The quantitative estimate of drug-likeness (QED) is 0.781. The maximum absolute atomic E-state index is 11.7. The Bertz CT molecular complexity index is 396. The molecular formula is C15H23NO4. The Morgan fingerprint density at radius 1 is 1.50 bits per heavy atom. The standard InChI is InChI=1S/C15H23NO4/c1-2-19-15(18)11-5-7-12(8-6-11)16-13(10-17)14-4-3-9-20-14/h3-4,9,11-13,16-17H,2,5-8,10H2,1H3. The third-order valence-electron chi connectivity index (χ3n) is 3.85. The number of hydrogen-bond donors (Lipinski definition) is 2. The van der Waals surface area contributed by atoms with E-state index in [-0.39, 0.29) is 24.5 Å². The predicted molar refractivity (Wildman–Crippen MR) is 74.0 cm³/mol. The first-order valence-corrected chi connectivity index (χ1v) is 7.31. The van der Waals surface area contributed by atoms with Crippen LogP contribution >= 0.6 is 0 Å². The van der Waals surface area contributed by atoms with E-state index in [1.165, 1.54) is 0 Å². The summed E-state index contributed by atoms with van der Waals surface area (Å²) in [7, 11) is 0. The van der Waals surface area contributed by atoms with Crippen LogP contribution in [-0.4, -0.2) is 30.3 Å². The second-order valence-corrected chi connectivity index (χ2v) is 5.22. The summed E-state index contributed by atoms with van der Waals surface area (Å²) in [5, 5.41) is 12.8. The highest BCUT2D eigenvalue weighted by atomic mass is 16.5. The van der Waals surface area contributed by atoms with Crippen LogP contribution in [0.2, 0.25) is 0 Å². The summed E-state index contributed by atoms with van der Waals surface area (Å²) in [6, 6.07) is 3.81. The van der Waals surface area contributed by atoms with Gasteiger partial charge in [-0.05, 0) is 44.7 Å².